The number of unbranched alkanes of at least 4 members (excludes halogenated alkanes) is 1. The third-order valence-corrected chi connectivity index (χ3v) is 10.8. The largest absolute Gasteiger partial charge is 0.485 e. The van der Waals surface area contributed by atoms with Gasteiger partial charge in [-0.3, -0.25) is 19.2 Å². The molecule has 0 aromatic heterocycles. The molecule has 0 atom stereocenters. The van der Waals surface area contributed by atoms with Gasteiger partial charge >= 0.3 is 17.1 Å². The van der Waals surface area contributed by atoms with Gasteiger partial charge in [-0.25, -0.2) is 0 Å². The fraction of sp³-hybridized carbons (Fsp3) is 0.750. The number of hydrogen-bond donors (Lipinski definition) is 0. The smallest absolute Gasteiger partial charge is 0.463 e. The van der Waals surface area contributed by atoms with Crippen molar-refractivity contribution >= 4 is 41.0 Å². The maximum Gasteiger partial charge on any atom is 0.463 e. The molecule has 0 fully saturated rings. The highest BCUT2D eigenvalue weighted by atomic mass is 28.4. The van der Waals surface area contributed by atoms with E-state index in [1.807, 2.05) is 13.8 Å². The topological polar surface area (TPSA) is 105 Å². The van der Waals surface area contributed by atoms with Crippen molar-refractivity contribution in [1.29, 1.82) is 0 Å². The first-order chi connectivity index (χ1) is 12.0. The lowest BCUT2D eigenvalue weighted by atomic mass is 10.4. The zero-order valence-corrected chi connectivity index (χ0v) is 18.5. The third kappa shape index (κ3) is 9.13. The molecule has 0 aliphatic rings. The number of carbonyl (C=O) groups excluding carboxylic acids is 4. The second-order valence-corrected chi connectivity index (χ2v) is 13.0. The lowest BCUT2D eigenvalue weighted by Gasteiger charge is -2.29. The lowest BCUT2D eigenvalue weighted by molar-refractivity contribution is -0.141. The quantitative estimate of drug-likeness (QED) is 0.381. The van der Waals surface area contributed by atoms with Crippen molar-refractivity contribution in [2.24, 2.45) is 0 Å². The molecule has 150 valence electrons. The van der Waals surface area contributed by atoms with Gasteiger partial charge in [-0.2, -0.15) is 0 Å². The van der Waals surface area contributed by atoms with Crippen LogP contribution >= 0.6 is 0 Å². The third-order valence-electron chi connectivity index (χ3n) is 3.76. The van der Waals surface area contributed by atoms with Crippen LogP contribution in [0, 0.1) is 0 Å². The van der Waals surface area contributed by atoms with Crippen LogP contribution in [0.3, 0.4) is 0 Å². The Morgan fingerprint density at radius 1 is 0.577 bits per heavy atom. The minimum Gasteiger partial charge on any atom is -0.485 e. The van der Waals surface area contributed by atoms with Crippen LogP contribution in [-0.4, -0.2) is 41.0 Å². The average molecular weight is 407 g/mol. The van der Waals surface area contributed by atoms with Crippen LogP contribution in [0.15, 0.2) is 0 Å². The van der Waals surface area contributed by atoms with Crippen molar-refractivity contribution < 1.29 is 36.9 Å². The van der Waals surface area contributed by atoms with Crippen LogP contribution in [-0.2, 0) is 36.9 Å². The Hall–Kier alpha value is -1.69. The first-order valence-corrected chi connectivity index (χ1v) is 13.2. The van der Waals surface area contributed by atoms with Crippen LogP contribution in [0.1, 0.15) is 54.4 Å². The molecular formula is C16H30O8Si2. The van der Waals surface area contributed by atoms with E-state index in [1.54, 1.807) is 0 Å². The minimum atomic E-state index is -2.97. The first kappa shape index (κ1) is 24.3. The zero-order chi connectivity index (χ0) is 20.4. The maximum atomic E-state index is 11.4. The van der Waals surface area contributed by atoms with E-state index < -0.39 is 41.0 Å². The van der Waals surface area contributed by atoms with E-state index >= 15 is 0 Å². The van der Waals surface area contributed by atoms with Gasteiger partial charge in [-0.1, -0.05) is 13.8 Å². The lowest BCUT2D eigenvalue weighted by Crippen LogP contribution is -2.45. The summed E-state index contributed by atoms with van der Waals surface area (Å²) < 4.78 is 21.5. The van der Waals surface area contributed by atoms with Gasteiger partial charge in [0.05, 0.1) is 0 Å². The standard InChI is InChI=1S/C16H30O8Si2/c1-7-25(21-13(3)17,22-14(4)18)11-9-10-12-26(8-2,23-15(5)19)24-16(6)20/h7-12H2,1-6H3. The van der Waals surface area contributed by atoms with Gasteiger partial charge in [0.25, 0.3) is 23.9 Å². The summed E-state index contributed by atoms with van der Waals surface area (Å²) in [6.07, 6.45) is 1.19. The van der Waals surface area contributed by atoms with Gasteiger partial charge in [0.15, 0.2) is 0 Å². The van der Waals surface area contributed by atoms with E-state index in [-0.39, 0.29) is 0 Å². The Bertz CT molecular complexity index is 442. The molecule has 10 heteroatoms. The number of hydrogen-bond acceptors (Lipinski definition) is 8. The molecular weight excluding hydrogens is 376 g/mol. The predicted molar refractivity (Wildman–Crippen MR) is 98.4 cm³/mol. The molecule has 0 N–H and O–H groups in total. The maximum absolute atomic E-state index is 11.4. The van der Waals surface area contributed by atoms with Crippen molar-refractivity contribution in [3.8, 4) is 0 Å². The Kier molecular flexibility index (Phi) is 10.4. The zero-order valence-electron chi connectivity index (χ0n) is 16.5. The van der Waals surface area contributed by atoms with Crippen LogP contribution in [0.25, 0.3) is 0 Å². The number of rotatable bonds is 11. The molecule has 0 aromatic carbocycles. The summed E-state index contributed by atoms with van der Waals surface area (Å²) in [4.78, 5) is 45.6. The van der Waals surface area contributed by atoms with Gasteiger partial charge < -0.3 is 17.7 Å². The molecule has 0 bridgehead atoms. The van der Waals surface area contributed by atoms with Crippen molar-refractivity contribution in [3.63, 3.8) is 0 Å². The predicted octanol–water partition coefficient (Wildman–Crippen LogP) is 2.94. The summed E-state index contributed by atoms with van der Waals surface area (Å²) in [6.45, 7) is 8.80. The van der Waals surface area contributed by atoms with Gasteiger partial charge in [0, 0.05) is 51.9 Å². The molecule has 8 nitrogen and oxygen atoms in total. The van der Waals surface area contributed by atoms with Gasteiger partial charge in [-0.05, 0) is 12.8 Å². The molecule has 0 saturated heterocycles. The molecule has 0 radical (unpaired) electrons. The van der Waals surface area contributed by atoms with Crippen molar-refractivity contribution in [3.05, 3.63) is 0 Å². The highest BCUT2D eigenvalue weighted by Crippen LogP contribution is 2.27. The summed E-state index contributed by atoms with van der Waals surface area (Å²) in [6, 6.07) is 1.79. The molecule has 0 aliphatic carbocycles. The van der Waals surface area contributed by atoms with E-state index in [2.05, 4.69) is 0 Å². The Labute approximate surface area is 157 Å². The number of carbonyl (C=O) groups is 4. The summed E-state index contributed by atoms with van der Waals surface area (Å²) in [7, 11) is -5.93. The van der Waals surface area contributed by atoms with Crippen molar-refractivity contribution in [2.45, 2.75) is 78.6 Å². The SMILES string of the molecule is CC[Si](CCCC[Si](CC)(OC(C)=O)OC(C)=O)(OC(C)=O)OC(C)=O. The second kappa shape index (κ2) is 11.1. The normalized spacial score (nSPS) is 11.5. The second-order valence-electron chi connectivity index (χ2n) is 6.11. The Balaban J connectivity index is 4.98. The summed E-state index contributed by atoms with van der Waals surface area (Å²) >= 11 is 0. The summed E-state index contributed by atoms with van der Waals surface area (Å²) in [5, 5.41) is 0. The molecule has 0 unspecified atom stereocenters. The minimum absolute atomic E-state index is 0.441. The fourth-order valence-electron chi connectivity index (χ4n) is 2.72. The molecule has 26 heavy (non-hydrogen) atoms. The molecule has 0 heterocycles. The molecule has 0 amide bonds. The molecule has 0 aliphatic heterocycles. The van der Waals surface area contributed by atoms with E-state index in [1.165, 1.54) is 27.7 Å². The van der Waals surface area contributed by atoms with Crippen molar-refractivity contribution in [1.82, 2.24) is 0 Å². The highest BCUT2D eigenvalue weighted by Gasteiger charge is 2.44. The Morgan fingerprint density at radius 3 is 0.962 bits per heavy atom. The van der Waals surface area contributed by atoms with Crippen LogP contribution in [0.5, 0.6) is 0 Å². The van der Waals surface area contributed by atoms with Gasteiger partial charge in [0.1, 0.15) is 0 Å². The fourth-order valence-corrected chi connectivity index (χ4v) is 8.17. The van der Waals surface area contributed by atoms with Crippen LogP contribution < -0.4 is 0 Å². The highest BCUT2D eigenvalue weighted by molar-refractivity contribution is 6.71. The summed E-state index contributed by atoms with van der Waals surface area (Å²) in [5.41, 5.74) is 0. The Morgan fingerprint density at radius 2 is 0.808 bits per heavy atom. The summed E-state index contributed by atoms with van der Waals surface area (Å²) in [5.74, 6) is -1.90. The molecule has 0 aromatic rings. The average Bonchev–Trinajstić information content (AvgIpc) is 2.48. The molecule has 0 spiro atoms. The van der Waals surface area contributed by atoms with E-state index in [9.17, 15) is 19.2 Å². The molecule has 0 saturated carbocycles. The van der Waals surface area contributed by atoms with Crippen LogP contribution in [0.2, 0.25) is 24.2 Å². The van der Waals surface area contributed by atoms with Crippen molar-refractivity contribution in [2.75, 3.05) is 0 Å². The van der Waals surface area contributed by atoms with E-state index in [4.69, 9.17) is 17.7 Å². The monoisotopic (exact) mass is 406 g/mol. The van der Waals surface area contributed by atoms with Crippen LogP contribution in [0.4, 0.5) is 0 Å². The van der Waals surface area contributed by atoms with Gasteiger partial charge in [-0.15, -0.1) is 0 Å². The van der Waals surface area contributed by atoms with E-state index in [0.29, 0.717) is 37.0 Å². The molecule has 0 rings (SSSR count). The van der Waals surface area contributed by atoms with Gasteiger partial charge in [0.2, 0.25) is 0 Å². The van der Waals surface area contributed by atoms with E-state index in [0.717, 1.165) is 0 Å². The first-order valence-electron chi connectivity index (χ1n) is 8.78.